The second-order valence-electron chi connectivity index (χ2n) is 5.80. The summed E-state index contributed by atoms with van der Waals surface area (Å²) in [6.07, 6.45) is 5.21. The maximum atomic E-state index is 11.5. The van der Waals surface area contributed by atoms with Gasteiger partial charge in [-0.25, -0.2) is 0 Å². The fourth-order valence-corrected chi connectivity index (χ4v) is 2.21. The summed E-state index contributed by atoms with van der Waals surface area (Å²) in [5, 5.41) is 12.6. The van der Waals surface area contributed by atoms with Crippen molar-refractivity contribution < 1.29 is 9.90 Å². The van der Waals surface area contributed by atoms with Crippen LogP contribution in [0.2, 0.25) is 0 Å². The third kappa shape index (κ3) is 6.92. The second kappa shape index (κ2) is 9.32. The first-order chi connectivity index (χ1) is 8.87. The zero-order chi connectivity index (χ0) is 14.9. The van der Waals surface area contributed by atoms with Gasteiger partial charge in [0.2, 0.25) is 0 Å². The maximum absolute atomic E-state index is 11.5. The molecule has 114 valence electrons. The number of carbonyl (C=O) groups is 1. The highest BCUT2D eigenvalue weighted by molar-refractivity contribution is 5.78. The van der Waals surface area contributed by atoms with E-state index in [1.165, 1.54) is 19.3 Å². The Labute approximate surface area is 118 Å². The fourth-order valence-electron chi connectivity index (χ4n) is 2.21. The molecule has 0 aromatic rings. The number of aliphatic carboxylic acids is 1. The molecule has 19 heavy (non-hydrogen) atoms. The molecule has 0 radical (unpaired) electrons. The van der Waals surface area contributed by atoms with Gasteiger partial charge >= 0.3 is 5.97 Å². The monoisotopic (exact) mass is 272 g/mol. The van der Waals surface area contributed by atoms with Crippen molar-refractivity contribution in [3.05, 3.63) is 0 Å². The van der Waals surface area contributed by atoms with Crippen molar-refractivity contribution in [2.24, 2.45) is 0 Å². The van der Waals surface area contributed by atoms with Crippen LogP contribution in [0, 0.1) is 0 Å². The quantitative estimate of drug-likeness (QED) is 0.568. The summed E-state index contributed by atoms with van der Waals surface area (Å²) in [6.45, 7) is 9.94. The number of unbranched alkanes of at least 4 members (excludes halogenated alkanes) is 2. The normalized spacial score (nSPS) is 16.3. The Morgan fingerprint density at radius 3 is 2.42 bits per heavy atom. The van der Waals surface area contributed by atoms with Crippen LogP contribution in [-0.4, -0.2) is 47.7 Å². The molecule has 0 aliphatic heterocycles. The van der Waals surface area contributed by atoms with E-state index in [4.69, 9.17) is 0 Å². The molecule has 0 fully saturated rings. The first kappa shape index (κ1) is 18.4. The van der Waals surface area contributed by atoms with Crippen molar-refractivity contribution in [3.8, 4) is 0 Å². The van der Waals surface area contributed by atoms with Gasteiger partial charge in [0.25, 0.3) is 0 Å². The molecule has 0 aromatic carbocycles. The van der Waals surface area contributed by atoms with Gasteiger partial charge in [0.1, 0.15) is 5.54 Å². The minimum absolute atomic E-state index is 0.266. The molecule has 0 amide bonds. The summed E-state index contributed by atoms with van der Waals surface area (Å²) in [5.74, 6) is -0.755. The van der Waals surface area contributed by atoms with Crippen LogP contribution in [0.3, 0.4) is 0 Å². The van der Waals surface area contributed by atoms with Crippen molar-refractivity contribution in [1.29, 1.82) is 0 Å². The Kier molecular flexibility index (Phi) is 9.02. The van der Waals surface area contributed by atoms with Crippen LogP contribution < -0.4 is 5.32 Å². The summed E-state index contributed by atoms with van der Waals surface area (Å²) < 4.78 is 0. The largest absolute Gasteiger partial charge is 0.480 e. The van der Waals surface area contributed by atoms with Gasteiger partial charge in [-0.05, 0) is 53.2 Å². The molecule has 0 rings (SSSR count). The molecule has 0 saturated heterocycles. The molecule has 2 unspecified atom stereocenters. The van der Waals surface area contributed by atoms with Gasteiger partial charge in [-0.15, -0.1) is 0 Å². The summed E-state index contributed by atoms with van der Waals surface area (Å²) in [5.41, 5.74) is -0.825. The highest BCUT2D eigenvalue weighted by Gasteiger charge is 2.34. The Morgan fingerprint density at radius 1 is 1.32 bits per heavy atom. The van der Waals surface area contributed by atoms with Crippen molar-refractivity contribution in [1.82, 2.24) is 10.2 Å². The molecule has 0 aliphatic rings. The number of carboxylic acid groups (broad SMARTS) is 1. The van der Waals surface area contributed by atoms with Gasteiger partial charge in [0, 0.05) is 6.04 Å². The van der Waals surface area contributed by atoms with Gasteiger partial charge in [-0.2, -0.15) is 0 Å². The Morgan fingerprint density at radius 2 is 1.95 bits per heavy atom. The molecule has 0 bridgehead atoms. The van der Waals surface area contributed by atoms with E-state index in [2.05, 4.69) is 38.0 Å². The first-order valence-corrected chi connectivity index (χ1v) is 7.56. The first-order valence-electron chi connectivity index (χ1n) is 7.56. The average molecular weight is 272 g/mol. The van der Waals surface area contributed by atoms with E-state index in [0.29, 0.717) is 6.42 Å². The number of carboxylic acids is 1. The molecule has 0 aliphatic carbocycles. The van der Waals surface area contributed by atoms with E-state index >= 15 is 0 Å². The molecular formula is C15H32N2O2. The van der Waals surface area contributed by atoms with Crippen LogP contribution in [0.25, 0.3) is 0 Å². The van der Waals surface area contributed by atoms with Gasteiger partial charge in [0.05, 0.1) is 0 Å². The van der Waals surface area contributed by atoms with E-state index in [1.54, 1.807) is 6.92 Å². The predicted octanol–water partition coefficient (Wildman–Crippen LogP) is 2.73. The maximum Gasteiger partial charge on any atom is 0.323 e. The number of rotatable bonds is 11. The Bertz CT molecular complexity index is 259. The summed E-state index contributed by atoms with van der Waals surface area (Å²) in [7, 11) is 2.09. The van der Waals surface area contributed by atoms with Crippen molar-refractivity contribution in [2.75, 3.05) is 20.1 Å². The minimum Gasteiger partial charge on any atom is -0.480 e. The molecule has 4 heteroatoms. The standard InChI is InChI=1S/C15H32N2O2/c1-6-8-9-11-17(5)13(3)12-15(4,14(18)19)16-10-7-2/h13,16H,6-12H2,1-5H3,(H,18,19). The summed E-state index contributed by atoms with van der Waals surface area (Å²) in [6, 6.07) is 0.266. The van der Waals surface area contributed by atoms with E-state index < -0.39 is 11.5 Å². The van der Waals surface area contributed by atoms with Crippen LogP contribution in [0.1, 0.15) is 59.8 Å². The van der Waals surface area contributed by atoms with Crippen LogP contribution in [0.4, 0.5) is 0 Å². The topological polar surface area (TPSA) is 52.6 Å². The molecule has 0 spiro atoms. The fraction of sp³-hybridized carbons (Fsp3) is 0.933. The van der Waals surface area contributed by atoms with E-state index in [1.807, 2.05) is 0 Å². The van der Waals surface area contributed by atoms with Crippen LogP contribution in [-0.2, 0) is 4.79 Å². The molecule has 0 heterocycles. The third-order valence-corrected chi connectivity index (χ3v) is 3.81. The molecule has 0 aromatic heterocycles. The van der Waals surface area contributed by atoms with E-state index in [9.17, 15) is 9.90 Å². The van der Waals surface area contributed by atoms with Gasteiger partial charge < -0.3 is 15.3 Å². The molecule has 4 nitrogen and oxygen atoms in total. The number of nitrogens with one attached hydrogen (secondary N) is 1. The Balaban J connectivity index is 4.36. The minimum atomic E-state index is -0.825. The van der Waals surface area contributed by atoms with E-state index in [0.717, 1.165) is 19.5 Å². The second-order valence-corrected chi connectivity index (χ2v) is 5.80. The molecule has 2 atom stereocenters. The van der Waals surface area contributed by atoms with Crippen molar-refractivity contribution in [3.63, 3.8) is 0 Å². The van der Waals surface area contributed by atoms with Crippen molar-refractivity contribution in [2.45, 2.75) is 71.4 Å². The predicted molar refractivity (Wildman–Crippen MR) is 80.6 cm³/mol. The van der Waals surface area contributed by atoms with Crippen LogP contribution in [0.15, 0.2) is 0 Å². The van der Waals surface area contributed by atoms with E-state index in [-0.39, 0.29) is 6.04 Å². The van der Waals surface area contributed by atoms with Gasteiger partial charge in [-0.1, -0.05) is 26.7 Å². The molecule has 0 saturated carbocycles. The summed E-state index contributed by atoms with van der Waals surface area (Å²) in [4.78, 5) is 13.7. The highest BCUT2D eigenvalue weighted by atomic mass is 16.4. The third-order valence-electron chi connectivity index (χ3n) is 3.81. The lowest BCUT2D eigenvalue weighted by Gasteiger charge is -2.33. The highest BCUT2D eigenvalue weighted by Crippen LogP contribution is 2.17. The smallest absolute Gasteiger partial charge is 0.323 e. The molecule has 2 N–H and O–H groups in total. The van der Waals surface area contributed by atoms with Crippen molar-refractivity contribution >= 4 is 5.97 Å². The lowest BCUT2D eigenvalue weighted by atomic mass is 9.92. The SMILES string of the molecule is CCCCCN(C)C(C)CC(C)(NCCC)C(=O)O. The zero-order valence-corrected chi connectivity index (χ0v) is 13.3. The van der Waals surface area contributed by atoms with Crippen LogP contribution >= 0.6 is 0 Å². The molecular weight excluding hydrogens is 240 g/mol. The van der Waals surface area contributed by atoms with Crippen LogP contribution in [0.5, 0.6) is 0 Å². The summed E-state index contributed by atoms with van der Waals surface area (Å²) >= 11 is 0. The lowest BCUT2D eigenvalue weighted by molar-refractivity contribution is -0.145. The number of hydrogen-bond donors (Lipinski definition) is 2. The van der Waals surface area contributed by atoms with Gasteiger partial charge in [-0.3, -0.25) is 4.79 Å². The zero-order valence-electron chi connectivity index (χ0n) is 13.3. The average Bonchev–Trinajstić information content (AvgIpc) is 2.36. The van der Waals surface area contributed by atoms with Gasteiger partial charge in [0.15, 0.2) is 0 Å². The number of nitrogens with zero attached hydrogens (tertiary/aromatic N) is 1. The number of hydrogen-bond acceptors (Lipinski definition) is 3. The Hall–Kier alpha value is -0.610. The lowest BCUT2D eigenvalue weighted by Crippen LogP contribution is -2.53.